The summed E-state index contributed by atoms with van der Waals surface area (Å²) in [5.41, 5.74) is 0.960. The molecule has 138 valence electrons. The molecule has 0 aliphatic heterocycles. The molecule has 0 saturated heterocycles. The van der Waals surface area contributed by atoms with E-state index in [1.807, 2.05) is 0 Å². The molecule has 0 spiro atoms. The Morgan fingerprint density at radius 1 is 1.19 bits per heavy atom. The number of nitrogens with one attached hydrogen (secondary N) is 2. The van der Waals surface area contributed by atoms with Gasteiger partial charge in [-0.2, -0.15) is 0 Å². The third-order valence-electron chi connectivity index (χ3n) is 3.31. The van der Waals surface area contributed by atoms with Crippen molar-refractivity contribution in [3.8, 4) is 0 Å². The number of sulfonamides is 1. The molecule has 1 amide bonds. The third kappa shape index (κ3) is 5.87. The van der Waals surface area contributed by atoms with Gasteiger partial charge in [0.2, 0.25) is 5.91 Å². The zero-order valence-corrected chi connectivity index (χ0v) is 15.6. The van der Waals surface area contributed by atoms with E-state index in [4.69, 9.17) is 16.7 Å². The second-order valence-corrected chi connectivity index (χ2v) is 7.67. The summed E-state index contributed by atoms with van der Waals surface area (Å²) in [6.45, 7) is 1.73. The average molecular weight is 395 g/mol. The van der Waals surface area contributed by atoms with E-state index in [1.54, 1.807) is 49.4 Å². The fourth-order valence-electron chi connectivity index (χ4n) is 1.98. The van der Waals surface area contributed by atoms with Crippen LogP contribution in [0.4, 0.5) is 5.69 Å². The Morgan fingerprint density at radius 3 is 2.46 bits per heavy atom. The first-order valence-corrected chi connectivity index (χ1v) is 9.65. The van der Waals surface area contributed by atoms with Crippen LogP contribution in [0.15, 0.2) is 59.5 Å². The van der Waals surface area contributed by atoms with Crippen LogP contribution in [0.3, 0.4) is 0 Å². The van der Waals surface area contributed by atoms with E-state index >= 15 is 0 Å². The molecular weight excluding hydrogens is 376 g/mol. The topological polar surface area (TPSA) is 95.5 Å². The van der Waals surface area contributed by atoms with E-state index in [9.17, 15) is 13.2 Å². The molecule has 0 heterocycles. The van der Waals surface area contributed by atoms with Gasteiger partial charge in [0.05, 0.1) is 21.7 Å². The number of carbonyl (C=O) groups is 1. The van der Waals surface area contributed by atoms with E-state index in [-0.39, 0.29) is 17.3 Å². The highest BCUT2D eigenvalue weighted by Gasteiger charge is 2.15. The number of carbonyl (C=O) groups excluding carboxylic acids is 1. The number of amides is 1. The van der Waals surface area contributed by atoms with Crippen LogP contribution in [-0.2, 0) is 14.8 Å². The monoisotopic (exact) mass is 394 g/mol. The molecule has 0 radical (unpaired) electrons. The lowest BCUT2D eigenvalue weighted by Crippen LogP contribution is -2.28. The summed E-state index contributed by atoms with van der Waals surface area (Å²) in [6.07, 6.45) is 2.24. The first kappa shape index (κ1) is 20.0. The molecule has 0 bridgehead atoms. The molecule has 1 atom stereocenters. The molecule has 2 aromatic carbocycles. The van der Waals surface area contributed by atoms with Crippen LogP contribution in [-0.4, -0.2) is 32.1 Å². The maximum atomic E-state index is 12.4. The molecular formula is C18H19ClN2O4S. The summed E-state index contributed by atoms with van der Waals surface area (Å²) in [4.78, 5) is 11.6. The molecule has 0 fully saturated rings. The van der Waals surface area contributed by atoms with Gasteiger partial charge in [-0.1, -0.05) is 35.9 Å². The first-order chi connectivity index (χ1) is 12.3. The van der Waals surface area contributed by atoms with Gasteiger partial charge in [-0.15, -0.1) is 0 Å². The average Bonchev–Trinajstić information content (AvgIpc) is 2.60. The fraction of sp³-hybridized carbons (Fsp3) is 0.167. The molecule has 0 aliphatic carbocycles. The van der Waals surface area contributed by atoms with Crippen LogP contribution < -0.4 is 10.0 Å². The molecule has 6 nitrogen and oxygen atoms in total. The molecule has 2 rings (SSSR count). The molecule has 3 N–H and O–H groups in total. The SMILES string of the molecule is CC(O)CNC(=O)/C=C/c1ccc(S(=O)(=O)Nc2ccccc2Cl)cc1. The molecule has 0 aromatic heterocycles. The van der Waals surface area contributed by atoms with Gasteiger partial charge in [-0.3, -0.25) is 9.52 Å². The number of para-hydroxylation sites is 1. The minimum Gasteiger partial charge on any atom is -0.392 e. The van der Waals surface area contributed by atoms with Gasteiger partial charge in [-0.05, 0) is 42.8 Å². The lowest BCUT2D eigenvalue weighted by Gasteiger charge is -2.09. The van der Waals surface area contributed by atoms with Crippen LogP contribution in [0, 0.1) is 0 Å². The quantitative estimate of drug-likeness (QED) is 0.629. The van der Waals surface area contributed by atoms with Crippen molar-refractivity contribution >= 4 is 39.3 Å². The Labute approximate surface area is 157 Å². The number of halogens is 1. The number of hydrogen-bond acceptors (Lipinski definition) is 4. The largest absolute Gasteiger partial charge is 0.392 e. The van der Waals surface area contributed by atoms with E-state index in [0.29, 0.717) is 16.3 Å². The summed E-state index contributed by atoms with van der Waals surface area (Å²) < 4.78 is 27.2. The highest BCUT2D eigenvalue weighted by atomic mass is 35.5. The van der Waals surface area contributed by atoms with E-state index in [2.05, 4.69) is 10.0 Å². The van der Waals surface area contributed by atoms with Crippen LogP contribution in [0.1, 0.15) is 12.5 Å². The van der Waals surface area contributed by atoms with Crippen molar-refractivity contribution in [1.82, 2.24) is 5.32 Å². The fourth-order valence-corrected chi connectivity index (χ4v) is 3.30. The van der Waals surface area contributed by atoms with E-state index in [1.165, 1.54) is 18.2 Å². The van der Waals surface area contributed by atoms with Crippen LogP contribution in [0.25, 0.3) is 6.08 Å². The highest BCUT2D eigenvalue weighted by molar-refractivity contribution is 7.92. The lowest BCUT2D eigenvalue weighted by molar-refractivity contribution is -0.116. The third-order valence-corrected chi connectivity index (χ3v) is 5.02. The maximum Gasteiger partial charge on any atom is 0.261 e. The molecule has 0 saturated carbocycles. The summed E-state index contributed by atoms with van der Waals surface area (Å²) in [5.74, 6) is -0.344. The van der Waals surface area contributed by atoms with Crippen LogP contribution in [0.5, 0.6) is 0 Å². The van der Waals surface area contributed by atoms with Gasteiger partial charge in [-0.25, -0.2) is 8.42 Å². The smallest absolute Gasteiger partial charge is 0.261 e. The second-order valence-electron chi connectivity index (χ2n) is 5.58. The Kier molecular flexibility index (Phi) is 6.79. The predicted molar refractivity (Wildman–Crippen MR) is 102 cm³/mol. The van der Waals surface area contributed by atoms with E-state index < -0.39 is 16.1 Å². The van der Waals surface area contributed by atoms with Gasteiger partial charge in [0.25, 0.3) is 10.0 Å². The number of hydrogen-bond donors (Lipinski definition) is 3. The Bertz CT molecular complexity index is 894. The number of rotatable bonds is 7. The van der Waals surface area contributed by atoms with Crippen molar-refractivity contribution in [2.45, 2.75) is 17.9 Å². The van der Waals surface area contributed by atoms with Gasteiger partial charge >= 0.3 is 0 Å². The van der Waals surface area contributed by atoms with Crippen LogP contribution >= 0.6 is 11.6 Å². The number of aliphatic hydroxyl groups excluding tert-OH is 1. The van der Waals surface area contributed by atoms with Crippen molar-refractivity contribution in [2.24, 2.45) is 0 Å². The van der Waals surface area contributed by atoms with Crippen molar-refractivity contribution < 1.29 is 18.3 Å². The number of anilines is 1. The Hall–Kier alpha value is -2.35. The molecule has 26 heavy (non-hydrogen) atoms. The molecule has 2 aromatic rings. The highest BCUT2D eigenvalue weighted by Crippen LogP contribution is 2.24. The maximum absolute atomic E-state index is 12.4. The predicted octanol–water partition coefficient (Wildman–Crippen LogP) is 2.65. The second kappa shape index (κ2) is 8.84. The van der Waals surface area contributed by atoms with E-state index in [0.717, 1.165) is 0 Å². The summed E-state index contributed by atoms with van der Waals surface area (Å²) >= 11 is 5.97. The van der Waals surface area contributed by atoms with Crippen molar-refractivity contribution in [1.29, 1.82) is 0 Å². The minimum atomic E-state index is -3.77. The van der Waals surface area contributed by atoms with Crippen molar-refractivity contribution in [3.63, 3.8) is 0 Å². The standard InChI is InChI=1S/C18H19ClN2O4S/c1-13(22)12-20-18(23)11-8-14-6-9-15(10-7-14)26(24,25)21-17-5-3-2-4-16(17)19/h2-11,13,21-22H,12H2,1H3,(H,20,23)/b11-8+. The first-order valence-electron chi connectivity index (χ1n) is 7.79. The molecule has 8 heteroatoms. The number of benzene rings is 2. The summed E-state index contributed by atoms with van der Waals surface area (Å²) in [5, 5.41) is 11.9. The van der Waals surface area contributed by atoms with Crippen molar-refractivity contribution in [3.05, 3.63) is 65.2 Å². The van der Waals surface area contributed by atoms with Crippen molar-refractivity contribution in [2.75, 3.05) is 11.3 Å². The molecule has 0 aliphatic rings. The minimum absolute atomic E-state index is 0.0770. The van der Waals surface area contributed by atoms with Gasteiger partial charge < -0.3 is 10.4 Å². The summed E-state index contributed by atoms with van der Waals surface area (Å²) in [6, 6.07) is 12.6. The summed E-state index contributed by atoms with van der Waals surface area (Å²) in [7, 11) is -3.77. The molecule has 1 unspecified atom stereocenters. The Balaban J connectivity index is 2.06. The zero-order chi connectivity index (χ0) is 19.2. The van der Waals surface area contributed by atoms with Gasteiger partial charge in [0.15, 0.2) is 0 Å². The van der Waals surface area contributed by atoms with Gasteiger partial charge in [0, 0.05) is 12.6 Å². The van der Waals surface area contributed by atoms with Gasteiger partial charge in [0.1, 0.15) is 0 Å². The van der Waals surface area contributed by atoms with Crippen LogP contribution in [0.2, 0.25) is 5.02 Å². The Morgan fingerprint density at radius 2 is 1.85 bits per heavy atom. The normalized spacial score (nSPS) is 12.7. The number of aliphatic hydroxyl groups is 1. The lowest BCUT2D eigenvalue weighted by atomic mass is 10.2. The zero-order valence-electron chi connectivity index (χ0n) is 14.0.